The maximum Gasteiger partial charge on any atom is 0.161 e. The van der Waals surface area contributed by atoms with Gasteiger partial charge in [-0.25, -0.2) is 0 Å². The van der Waals surface area contributed by atoms with Crippen molar-refractivity contribution in [2.24, 2.45) is 5.92 Å². The van der Waals surface area contributed by atoms with Gasteiger partial charge in [0.1, 0.15) is 19.5 Å². The Morgan fingerprint density at radius 1 is 1.13 bits per heavy atom. The van der Waals surface area contributed by atoms with Gasteiger partial charge < -0.3 is 19.2 Å². The second-order valence-corrected chi connectivity index (χ2v) is 6.61. The molecule has 0 N–H and O–H groups in total. The molecule has 0 unspecified atom stereocenters. The van der Waals surface area contributed by atoms with Gasteiger partial charge in [0.05, 0.1) is 0 Å². The minimum atomic E-state index is 0.648. The number of hydrogen-bond donors (Lipinski definition) is 0. The Bertz CT molecular complexity index is 509. The molecule has 0 aromatic heterocycles. The first-order valence-electron chi connectivity index (χ1n) is 8.89. The van der Waals surface area contributed by atoms with Crippen molar-refractivity contribution in [1.29, 1.82) is 0 Å². The summed E-state index contributed by atoms with van der Waals surface area (Å²) in [6.07, 6.45) is 7.62. The van der Waals surface area contributed by atoms with Crippen LogP contribution in [-0.4, -0.2) is 44.0 Å². The van der Waals surface area contributed by atoms with Crippen molar-refractivity contribution in [3.05, 3.63) is 23.8 Å². The van der Waals surface area contributed by atoms with Gasteiger partial charge >= 0.3 is 0 Å². The van der Waals surface area contributed by atoms with Crippen LogP contribution >= 0.6 is 0 Å². The molecule has 2 heterocycles. The van der Waals surface area contributed by atoms with Gasteiger partial charge in [-0.2, -0.15) is 0 Å². The van der Waals surface area contributed by atoms with Crippen LogP contribution < -0.4 is 9.47 Å². The van der Waals surface area contributed by atoms with E-state index in [-0.39, 0.29) is 0 Å². The Labute approximate surface area is 138 Å². The fourth-order valence-corrected chi connectivity index (χ4v) is 3.55. The van der Waals surface area contributed by atoms with Gasteiger partial charge in [-0.3, -0.25) is 0 Å². The summed E-state index contributed by atoms with van der Waals surface area (Å²) >= 11 is 0. The number of piperidine rings is 1. The first-order chi connectivity index (χ1) is 11.3. The summed E-state index contributed by atoms with van der Waals surface area (Å²) < 4.78 is 11.2. The van der Waals surface area contributed by atoms with Crippen molar-refractivity contribution in [2.75, 3.05) is 32.8 Å². The van der Waals surface area contributed by atoms with E-state index in [1.807, 2.05) is 6.07 Å². The molecule has 0 bridgehead atoms. The zero-order valence-corrected chi connectivity index (χ0v) is 13.8. The van der Waals surface area contributed by atoms with Gasteiger partial charge in [0.2, 0.25) is 0 Å². The number of benzene rings is 1. The Morgan fingerprint density at radius 2 is 1.91 bits per heavy atom. The Morgan fingerprint density at radius 3 is 2.70 bits per heavy atom. The van der Waals surface area contributed by atoms with Gasteiger partial charge in [-0.15, -0.1) is 0 Å². The molecule has 2 aliphatic heterocycles. The van der Waals surface area contributed by atoms with Crippen LogP contribution in [0.3, 0.4) is 0 Å². The van der Waals surface area contributed by atoms with E-state index in [0.29, 0.717) is 13.2 Å². The topological polar surface area (TPSA) is 38.8 Å². The quantitative estimate of drug-likeness (QED) is 0.725. The van der Waals surface area contributed by atoms with Gasteiger partial charge in [-0.1, -0.05) is 6.07 Å². The second-order valence-electron chi connectivity index (χ2n) is 6.61. The number of aryl methyl sites for hydroxylation is 1. The predicted molar refractivity (Wildman–Crippen MR) is 90.2 cm³/mol. The maximum absolute atomic E-state index is 10.5. The second kappa shape index (κ2) is 8.34. The van der Waals surface area contributed by atoms with Crippen LogP contribution in [0.1, 0.15) is 37.7 Å². The molecule has 1 fully saturated rings. The molecule has 4 heteroatoms. The third-order valence-electron chi connectivity index (χ3n) is 4.95. The first-order valence-corrected chi connectivity index (χ1v) is 8.89. The molecule has 3 rings (SSSR count). The molecule has 0 aliphatic carbocycles. The molecule has 2 aliphatic rings. The normalized spacial score (nSPS) is 18.8. The van der Waals surface area contributed by atoms with Crippen LogP contribution in [-0.2, 0) is 11.2 Å². The number of rotatable bonds is 7. The molecule has 0 amide bonds. The number of carbonyl (C=O) groups is 1. The monoisotopic (exact) mass is 317 g/mol. The van der Waals surface area contributed by atoms with E-state index >= 15 is 0 Å². The van der Waals surface area contributed by atoms with Crippen LogP contribution in [0.2, 0.25) is 0 Å². The number of hydrogen-bond acceptors (Lipinski definition) is 4. The Kier molecular flexibility index (Phi) is 5.92. The fourth-order valence-electron chi connectivity index (χ4n) is 3.55. The first kappa shape index (κ1) is 16.3. The number of nitrogens with zero attached hydrogens (tertiary/aromatic N) is 1. The number of fused-ring (bicyclic) bond motifs is 1. The van der Waals surface area contributed by atoms with Crippen molar-refractivity contribution < 1.29 is 14.3 Å². The van der Waals surface area contributed by atoms with Crippen LogP contribution in [0.15, 0.2) is 18.2 Å². The van der Waals surface area contributed by atoms with E-state index in [0.717, 1.165) is 49.5 Å². The van der Waals surface area contributed by atoms with Gasteiger partial charge in [0, 0.05) is 6.42 Å². The largest absolute Gasteiger partial charge is 0.486 e. The molecule has 1 aromatic rings. The van der Waals surface area contributed by atoms with E-state index in [4.69, 9.17) is 9.47 Å². The van der Waals surface area contributed by atoms with E-state index in [1.54, 1.807) is 0 Å². The van der Waals surface area contributed by atoms with Crippen LogP contribution in [0.25, 0.3) is 0 Å². The van der Waals surface area contributed by atoms with Gasteiger partial charge in [0.15, 0.2) is 11.5 Å². The lowest BCUT2D eigenvalue weighted by Crippen LogP contribution is -2.34. The summed E-state index contributed by atoms with van der Waals surface area (Å²) in [6, 6.07) is 6.31. The van der Waals surface area contributed by atoms with Crippen LogP contribution in [0.4, 0.5) is 0 Å². The van der Waals surface area contributed by atoms with Crippen molar-refractivity contribution >= 4 is 6.29 Å². The molecule has 0 atom stereocenters. The fraction of sp³-hybridized carbons (Fsp3) is 0.632. The summed E-state index contributed by atoms with van der Waals surface area (Å²) in [5.41, 5.74) is 1.33. The molecule has 0 saturated carbocycles. The average molecular weight is 317 g/mol. The summed E-state index contributed by atoms with van der Waals surface area (Å²) in [5.74, 6) is 2.52. The third kappa shape index (κ3) is 4.71. The van der Waals surface area contributed by atoms with Gasteiger partial charge in [0.25, 0.3) is 0 Å². The highest BCUT2D eigenvalue weighted by Gasteiger charge is 2.18. The van der Waals surface area contributed by atoms with E-state index < -0.39 is 0 Å². The van der Waals surface area contributed by atoms with E-state index in [9.17, 15) is 4.79 Å². The van der Waals surface area contributed by atoms with Crippen molar-refractivity contribution in [3.8, 4) is 11.5 Å². The number of ether oxygens (including phenoxy) is 2. The highest BCUT2D eigenvalue weighted by molar-refractivity contribution is 5.49. The summed E-state index contributed by atoms with van der Waals surface area (Å²) in [6.45, 7) is 4.83. The molecule has 0 spiro atoms. The molecule has 1 aromatic carbocycles. The lowest BCUT2D eigenvalue weighted by atomic mass is 9.92. The molecule has 126 valence electrons. The number of carbonyl (C=O) groups excluding carboxylic acids is 1. The highest BCUT2D eigenvalue weighted by atomic mass is 16.6. The molecule has 1 saturated heterocycles. The number of aldehydes is 1. The SMILES string of the molecule is O=CCCC1CCN(CCCc2ccc3c(c2)OCCO3)CC1. The van der Waals surface area contributed by atoms with E-state index in [2.05, 4.69) is 17.0 Å². The molecule has 0 radical (unpaired) electrons. The van der Waals surface area contributed by atoms with Crippen molar-refractivity contribution in [1.82, 2.24) is 4.90 Å². The summed E-state index contributed by atoms with van der Waals surface area (Å²) in [4.78, 5) is 13.0. The molecule has 4 nitrogen and oxygen atoms in total. The highest BCUT2D eigenvalue weighted by Crippen LogP contribution is 2.31. The molecular weight excluding hydrogens is 290 g/mol. The van der Waals surface area contributed by atoms with Crippen molar-refractivity contribution in [2.45, 2.75) is 38.5 Å². The minimum Gasteiger partial charge on any atom is -0.486 e. The molecule has 23 heavy (non-hydrogen) atoms. The lowest BCUT2D eigenvalue weighted by Gasteiger charge is -2.31. The standard InChI is InChI=1S/C19H27NO3/c21-12-2-4-16-7-10-20(11-8-16)9-1-3-17-5-6-18-19(15-17)23-14-13-22-18/h5-6,12,15-16H,1-4,7-11,13-14H2. The minimum absolute atomic E-state index is 0.648. The summed E-state index contributed by atoms with van der Waals surface area (Å²) in [7, 11) is 0. The third-order valence-corrected chi connectivity index (χ3v) is 4.95. The maximum atomic E-state index is 10.5. The average Bonchev–Trinajstić information content (AvgIpc) is 2.61. The molecular formula is C19H27NO3. The lowest BCUT2D eigenvalue weighted by molar-refractivity contribution is -0.108. The van der Waals surface area contributed by atoms with E-state index in [1.165, 1.54) is 37.9 Å². The van der Waals surface area contributed by atoms with Gasteiger partial charge in [-0.05, 0) is 75.4 Å². The predicted octanol–water partition coefficient (Wildman–Crippen LogP) is 3.08. The number of likely N-dealkylation sites (tertiary alicyclic amines) is 1. The van der Waals surface area contributed by atoms with Crippen LogP contribution in [0, 0.1) is 5.92 Å². The zero-order chi connectivity index (χ0) is 15.9. The zero-order valence-electron chi connectivity index (χ0n) is 13.8. The smallest absolute Gasteiger partial charge is 0.161 e. The van der Waals surface area contributed by atoms with Crippen LogP contribution in [0.5, 0.6) is 11.5 Å². The summed E-state index contributed by atoms with van der Waals surface area (Å²) in [5, 5.41) is 0. The Hall–Kier alpha value is -1.55. The van der Waals surface area contributed by atoms with Crippen molar-refractivity contribution in [3.63, 3.8) is 0 Å². The Balaban J connectivity index is 1.38.